The van der Waals surface area contributed by atoms with Crippen LogP contribution < -0.4 is 5.32 Å². The summed E-state index contributed by atoms with van der Waals surface area (Å²) in [6.07, 6.45) is 2.27. The summed E-state index contributed by atoms with van der Waals surface area (Å²) in [4.78, 5) is 12.2. The molecule has 0 spiro atoms. The van der Waals surface area contributed by atoms with Gasteiger partial charge in [0.1, 0.15) is 12.0 Å². The molecule has 162 valence electrons. The van der Waals surface area contributed by atoms with E-state index >= 15 is 0 Å². The lowest BCUT2D eigenvalue weighted by atomic mass is 10.3. The summed E-state index contributed by atoms with van der Waals surface area (Å²) in [6, 6.07) is 1.58. The summed E-state index contributed by atoms with van der Waals surface area (Å²) in [5, 5.41) is 8.16. The number of aromatic nitrogens is 2. The maximum Gasteiger partial charge on any atom is 0.220 e. The van der Waals surface area contributed by atoms with Gasteiger partial charge in [0, 0.05) is 57.1 Å². The zero-order valence-electron chi connectivity index (χ0n) is 16.8. The Balaban J connectivity index is 0.00000300. The summed E-state index contributed by atoms with van der Waals surface area (Å²) in [5.74, 6) is 0.664. The minimum absolute atomic E-state index is 0. The van der Waals surface area contributed by atoms with Crippen LogP contribution in [-0.4, -0.2) is 73.5 Å². The maximum absolute atomic E-state index is 12.5. The van der Waals surface area contributed by atoms with E-state index in [1.54, 1.807) is 24.5 Å². The van der Waals surface area contributed by atoms with Gasteiger partial charge in [-0.15, -0.1) is 35.3 Å². The van der Waals surface area contributed by atoms with Crippen LogP contribution in [0.4, 0.5) is 0 Å². The third kappa shape index (κ3) is 6.36. The second kappa shape index (κ2) is 10.7. The summed E-state index contributed by atoms with van der Waals surface area (Å²) < 4.78 is 31.3. The predicted molar refractivity (Wildman–Crippen MR) is 124 cm³/mol. The van der Waals surface area contributed by atoms with Crippen molar-refractivity contribution in [1.29, 1.82) is 0 Å². The summed E-state index contributed by atoms with van der Waals surface area (Å²) >= 11 is 1.72. The molecule has 2 aromatic rings. The van der Waals surface area contributed by atoms with Gasteiger partial charge in [-0.25, -0.2) is 13.4 Å². The Morgan fingerprint density at radius 1 is 1.31 bits per heavy atom. The van der Waals surface area contributed by atoms with E-state index in [1.807, 2.05) is 13.8 Å². The lowest BCUT2D eigenvalue weighted by molar-refractivity contribution is 0.260. The molecule has 1 saturated heterocycles. The van der Waals surface area contributed by atoms with Crippen molar-refractivity contribution in [3.63, 3.8) is 0 Å². The highest BCUT2D eigenvalue weighted by Crippen LogP contribution is 2.17. The summed E-state index contributed by atoms with van der Waals surface area (Å²) in [5.41, 5.74) is 1.51. The quantitative estimate of drug-likeness (QED) is 0.329. The van der Waals surface area contributed by atoms with Crippen LogP contribution >= 0.6 is 35.3 Å². The minimum atomic E-state index is -3.40. The fourth-order valence-electron chi connectivity index (χ4n) is 3.19. The number of hydrogen-bond acceptors (Lipinski definition) is 7. The van der Waals surface area contributed by atoms with E-state index in [0.717, 1.165) is 29.6 Å². The van der Waals surface area contributed by atoms with Gasteiger partial charge in [0.05, 0.1) is 16.4 Å². The zero-order chi connectivity index (χ0) is 20.1. The van der Waals surface area contributed by atoms with E-state index in [0.29, 0.717) is 31.9 Å². The van der Waals surface area contributed by atoms with Crippen LogP contribution in [0, 0.1) is 13.8 Å². The van der Waals surface area contributed by atoms with Gasteiger partial charge in [0.2, 0.25) is 10.0 Å². The summed E-state index contributed by atoms with van der Waals surface area (Å²) in [7, 11) is -1.65. The molecule has 29 heavy (non-hydrogen) atoms. The van der Waals surface area contributed by atoms with Crippen LogP contribution in [0.25, 0.3) is 0 Å². The first-order valence-corrected chi connectivity index (χ1v) is 11.6. The van der Waals surface area contributed by atoms with Gasteiger partial charge in [-0.05, 0) is 13.8 Å². The monoisotopic (exact) mass is 554 g/mol. The third-order valence-corrected chi connectivity index (χ3v) is 7.54. The van der Waals surface area contributed by atoms with Crippen molar-refractivity contribution in [2.45, 2.75) is 26.0 Å². The number of nitrogens with zero attached hydrogens (tertiary/aromatic N) is 5. The highest BCUT2D eigenvalue weighted by Gasteiger charge is 2.28. The molecule has 0 bridgehead atoms. The molecule has 0 radical (unpaired) electrons. The van der Waals surface area contributed by atoms with E-state index in [-0.39, 0.29) is 29.7 Å². The molecule has 9 nitrogen and oxygen atoms in total. The zero-order valence-corrected chi connectivity index (χ0v) is 20.8. The molecule has 1 fully saturated rings. The van der Waals surface area contributed by atoms with Gasteiger partial charge in [0.25, 0.3) is 0 Å². The Bertz CT molecular complexity index is 906. The molecule has 3 heterocycles. The van der Waals surface area contributed by atoms with Crippen LogP contribution in [0.1, 0.15) is 21.3 Å². The third-order valence-electron chi connectivity index (χ3n) is 4.60. The lowest BCUT2D eigenvalue weighted by Crippen LogP contribution is -2.54. The van der Waals surface area contributed by atoms with Crippen LogP contribution in [0.3, 0.4) is 0 Å². The van der Waals surface area contributed by atoms with Gasteiger partial charge in [-0.1, -0.05) is 5.16 Å². The lowest BCUT2D eigenvalue weighted by Gasteiger charge is -2.35. The Morgan fingerprint density at radius 3 is 2.59 bits per heavy atom. The number of sulfonamides is 1. The number of piperazine rings is 1. The van der Waals surface area contributed by atoms with Crippen molar-refractivity contribution in [1.82, 2.24) is 24.7 Å². The maximum atomic E-state index is 12.5. The largest absolute Gasteiger partial charge is 0.364 e. The first kappa shape index (κ1) is 24.0. The topological polar surface area (TPSA) is 104 Å². The Labute approximate surface area is 192 Å². The number of thiazole rings is 1. The summed E-state index contributed by atoms with van der Waals surface area (Å²) in [6.45, 7) is 6.85. The minimum Gasteiger partial charge on any atom is -0.364 e. The van der Waals surface area contributed by atoms with Gasteiger partial charge in [-0.3, -0.25) is 4.99 Å². The average Bonchev–Trinajstić information content (AvgIpc) is 3.27. The molecule has 1 aliphatic heterocycles. The normalized spacial score (nSPS) is 16.0. The highest BCUT2D eigenvalue weighted by atomic mass is 127. The second-order valence-corrected chi connectivity index (χ2v) is 9.86. The molecule has 0 unspecified atom stereocenters. The SMILES string of the molecule is CN=C(NCCc1sc(C)nc1C)N1CCN(S(=O)(=O)Cc2ccon2)CC1.I. The van der Waals surface area contributed by atoms with Gasteiger partial charge < -0.3 is 14.7 Å². The molecular formula is C17H27IN6O3S2. The fraction of sp³-hybridized carbons (Fsp3) is 0.588. The van der Waals surface area contributed by atoms with Crippen molar-refractivity contribution >= 4 is 51.3 Å². The van der Waals surface area contributed by atoms with Gasteiger partial charge in [-0.2, -0.15) is 4.31 Å². The van der Waals surface area contributed by atoms with Crippen LogP contribution in [-0.2, 0) is 22.2 Å². The Morgan fingerprint density at radius 2 is 2.03 bits per heavy atom. The van der Waals surface area contributed by atoms with E-state index in [1.165, 1.54) is 15.4 Å². The number of nitrogens with one attached hydrogen (secondary N) is 1. The van der Waals surface area contributed by atoms with Gasteiger partial charge in [0.15, 0.2) is 5.96 Å². The van der Waals surface area contributed by atoms with E-state index in [2.05, 4.69) is 25.3 Å². The van der Waals surface area contributed by atoms with Crippen LogP contribution in [0.5, 0.6) is 0 Å². The number of hydrogen-bond donors (Lipinski definition) is 1. The molecular weight excluding hydrogens is 527 g/mol. The molecule has 0 saturated carbocycles. The molecule has 3 rings (SSSR count). The number of rotatable bonds is 6. The first-order valence-electron chi connectivity index (χ1n) is 9.14. The molecule has 1 aliphatic rings. The van der Waals surface area contributed by atoms with E-state index in [9.17, 15) is 8.42 Å². The van der Waals surface area contributed by atoms with Crippen LogP contribution in [0.15, 0.2) is 21.8 Å². The van der Waals surface area contributed by atoms with Crippen molar-refractivity contribution in [2.75, 3.05) is 39.8 Å². The Hall–Kier alpha value is -1.25. The van der Waals surface area contributed by atoms with E-state index < -0.39 is 10.0 Å². The molecule has 0 aromatic carbocycles. The standard InChI is InChI=1S/C17H26N6O3S2.HI/c1-13-16(27-14(2)20-13)4-6-19-17(18-3)22-7-9-23(10-8-22)28(24,25)12-15-5-11-26-21-15;/h5,11H,4,6-10,12H2,1-3H3,(H,18,19);1H. The number of halogens is 1. The molecule has 0 atom stereocenters. The van der Waals surface area contributed by atoms with Crippen molar-refractivity contribution in [3.05, 3.63) is 33.6 Å². The van der Waals surface area contributed by atoms with Crippen molar-refractivity contribution < 1.29 is 12.9 Å². The molecule has 1 N–H and O–H groups in total. The number of guanidine groups is 1. The van der Waals surface area contributed by atoms with Crippen molar-refractivity contribution in [3.8, 4) is 0 Å². The molecule has 12 heteroatoms. The molecule has 0 aliphatic carbocycles. The van der Waals surface area contributed by atoms with Gasteiger partial charge >= 0.3 is 0 Å². The van der Waals surface area contributed by atoms with E-state index in [4.69, 9.17) is 4.52 Å². The first-order chi connectivity index (χ1) is 13.4. The fourth-order valence-corrected chi connectivity index (χ4v) is 5.56. The number of aryl methyl sites for hydroxylation is 2. The number of aliphatic imine (C=N–C) groups is 1. The van der Waals surface area contributed by atoms with Crippen molar-refractivity contribution in [2.24, 2.45) is 4.99 Å². The molecule has 2 aromatic heterocycles. The highest BCUT2D eigenvalue weighted by molar-refractivity contribution is 14.0. The average molecular weight is 554 g/mol. The smallest absolute Gasteiger partial charge is 0.220 e. The predicted octanol–water partition coefficient (Wildman–Crippen LogP) is 1.63. The molecule has 0 amide bonds. The Kier molecular flexibility index (Phi) is 8.85. The van der Waals surface area contributed by atoms with Crippen LogP contribution in [0.2, 0.25) is 0 Å². The second-order valence-electron chi connectivity index (χ2n) is 6.60.